The molecule has 1 fully saturated rings. The van der Waals surface area contributed by atoms with Crippen LogP contribution in [0.1, 0.15) is 20.3 Å². The van der Waals surface area contributed by atoms with Gasteiger partial charge in [0.1, 0.15) is 5.75 Å². The summed E-state index contributed by atoms with van der Waals surface area (Å²) in [5, 5.41) is 14.4. The molecule has 1 saturated heterocycles. The van der Waals surface area contributed by atoms with Gasteiger partial charge in [-0.15, -0.1) is 0 Å². The minimum Gasteiger partial charge on any atom is -0.493 e. The fourth-order valence-corrected chi connectivity index (χ4v) is 2.33. The molecule has 110 valence electrons. The minimum absolute atomic E-state index is 0.0831. The zero-order chi connectivity index (χ0) is 14.5. The summed E-state index contributed by atoms with van der Waals surface area (Å²) in [4.78, 5) is 12.8. The molecule has 20 heavy (non-hydrogen) atoms. The Kier molecular flexibility index (Phi) is 4.79. The molecule has 0 amide bonds. The average Bonchev–Trinajstić information content (AvgIpc) is 2.44. The molecule has 6 nitrogen and oxygen atoms in total. The van der Waals surface area contributed by atoms with Crippen molar-refractivity contribution in [3.8, 4) is 5.75 Å². The van der Waals surface area contributed by atoms with Gasteiger partial charge in [-0.25, -0.2) is 0 Å². The van der Waals surface area contributed by atoms with Gasteiger partial charge in [-0.3, -0.25) is 10.1 Å². The maximum atomic E-state index is 11.0. The average molecular weight is 279 g/mol. The van der Waals surface area contributed by atoms with Crippen molar-refractivity contribution in [2.75, 3.05) is 31.1 Å². The number of nitrogens with zero attached hydrogens (tertiary/aromatic N) is 2. The lowest BCUT2D eigenvalue weighted by molar-refractivity contribution is -0.384. The molecule has 0 spiro atoms. The molecule has 0 aromatic heterocycles. The van der Waals surface area contributed by atoms with Crippen LogP contribution in [0.25, 0.3) is 0 Å². The molecular formula is C14H21N3O3. The third-order valence-corrected chi connectivity index (χ3v) is 3.29. The number of benzene rings is 1. The second-order valence-electron chi connectivity index (χ2n) is 5.09. The summed E-state index contributed by atoms with van der Waals surface area (Å²) in [5.74, 6) is 0.572. The maximum Gasteiger partial charge on any atom is 0.275 e. The van der Waals surface area contributed by atoms with Gasteiger partial charge in [-0.1, -0.05) is 6.92 Å². The van der Waals surface area contributed by atoms with Crippen molar-refractivity contribution in [3.05, 3.63) is 28.3 Å². The summed E-state index contributed by atoms with van der Waals surface area (Å²) in [6, 6.07) is 5.38. The molecule has 1 heterocycles. The topological polar surface area (TPSA) is 67.6 Å². The zero-order valence-electron chi connectivity index (χ0n) is 12.0. The van der Waals surface area contributed by atoms with E-state index in [9.17, 15) is 10.1 Å². The van der Waals surface area contributed by atoms with Crippen LogP contribution in [0.5, 0.6) is 5.75 Å². The van der Waals surface area contributed by atoms with E-state index in [2.05, 4.69) is 17.1 Å². The van der Waals surface area contributed by atoms with Crippen LogP contribution in [0.15, 0.2) is 18.2 Å². The van der Waals surface area contributed by atoms with E-state index in [4.69, 9.17) is 4.74 Å². The first-order valence-electron chi connectivity index (χ1n) is 7.00. The van der Waals surface area contributed by atoms with E-state index in [1.165, 1.54) is 6.07 Å². The molecule has 1 atom stereocenters. The Bertz CT molecular complexity index is 479. The van der Waals surface area contributed by atoms with Crippen LogP contribution in [0.2, 0.25) is 0 Å². The Balaban J connectivity index is 2.25. The van der Waals surface area contributed by atoms with Crippen LogP contribution >= 0.6 is 0 Å². The fourth-order valence-electron chi connectivity index (χ4n) is 2.33. The van der Waals surface area contributed by atoms with Gasteiger partial charge in [-0.2, -0.15) is 0 Å². The number of nitro groups is 1. The van der Waals surface area contributed by atoms with Crippen LogP contribution in [0.3, 0.4) is 0 Å². The fraction of sp³-hybridized carbons (Fsp3) is 0.571. The number of piperazine rings is 1. The SMILES string of the molecule is CCCOc1cc(N2CCN[C@H](C)C2)cc([N+](=O)[O-])c1. The maximum absolute atomic E-state index is 11.0. The highest BCUT2D eigenvalue weighted by Gasteiger charge is 2.19. The van der Waals surface area contributed by atoms with Crippen LogP contribution in [-0.2, 0) is 0 Å². The van der Waals surface area contributed by atoms with Crippen LogP contribution < -0.4 is 15.0 Å². The van der Waals surface area contributed by atoms with Gasteiger partial charge in [0.15, 0.2) is 0 Å². The van der Waals surface area contributed by atoms with Crippen LogP contribution in [0.4, 0.5) is 11.4 Å². The molecular weight excluding hydrogens is 258 g/mol. The highest BCUT2D eigenvalue weighted by atomic mass is 16.6. The largest absolute Gasteiger partial charge is 0.493 e. The number of non-ortho nitro benzene ring substituents is 1. The Morgan fingerprint density at radius 3 is 2.95 bits per heavy atom. The van der Waals surface area contributed by atoms with Gasteiger partial charge < -0.3 is 15.0 Å². The van der Waals surface area contributed by atoms with E-state index >= 15 is 0 Å². The summed E-state index contributed by atoms with van der Waals surface area (Å²) in [6.07, 6.45) is 0.878. The van der Waals surface area contributed by atoms with E-state index in [0.29, 0.717) is 18.4 Å². The summed E-state index contributed by atoms with van der Waals surface area (Å²) in [5.41, 5.74) is 0.943. The number of anilines is 1. The molecule has 2 rings (SSSR count). The van der Waals surface area contributed by atoms with E-state index in [0.717, 1.165) is 31.7 Å². The molecule has 0 aliphatic carbocycles. The summed E-state index contributed by atoms with van der Waals surface area (Å²) in [7, 11) is 0. The van der Waals surface area contributed by atoms with Crippen molar-refractivity contribution in [1.82, 2.24) is 5.32 Å². The lowest BCUT2D eigenvalue weighted by Crippen LogP contribution is -2.49. The van der Waals surface area contributed by atoms with Gasteiger partial charge >= 0.3 is 0 Å². The van der Waals surface area contributed by atoms with Crippen molar-refractivity contribution < 1.29 is 9.66 Å². The Hall–Kier alpha value is -1.82. The molecule has 1 aliphatic heterocycles. The number of nitrogens with one attached hydrogen (secondary N) is 1. The molecule has 1 N–H and O–H groups in total. The van der Waals surface area contributed by atoms with Gasteiger partial charge in [0.2, 0.25) is 0 Å². The molecule has 1 aliphatic rings. The lowest BCUT2D eigenvalue weighted by atomic mass is 10.2. The minimum atomic E-state index is -0.367. The summed E-state index contributed by atoms with van der Waals surface area (Å²) in [6.45, 7) is 7.26. The smallest absolute Gasteiger partial charge is 0.275 e. The molecule has 6 heteroatoms. The number of ether oxygens (including phenoxy) is 1. The number of rotatable bonds is 5. The lowest BCUT2D eigenvalue weighted by Gasteiger charge is -2.33. The summed E-state index contributed by atoms with van der Waals surface area (Å²) < 4.78 is 5.56. The highest BCUT2D eigenvalue weighted by Crippen LogP contribution is 2.29. The second-order valence-corrected chi connectivity index (χ2v) is 5.09. The molecule has 1 aromatic rings. The van der Waals surface area contributed by atoms with Crippen molar-refractivity contribution in [2.45, 2.75) is 26.3 Å². The normalized spacial score (nSPS) is 18.9. The van der Waals surface area contributed by atoms with Crippen molar-refractivity contribution in [3.63, 3.8) is 0 Å². The van der Waals surface area contributed by atoms with E-state index in [1.54, 1.807) is 6.07 Å². The Morgan fingerprint density at radius 2 is 2.30 bits per heavy atom. The van der Waals surface area contributed by atoms with Gasteiger partial charge in [0, 0.05) is 43.5 Å². The molecule has 0 radical (unpaired) electrons. The zero-order valence-corrected chi connectivity index (χ0v) is 12.0. The van der Waals surface area contributed by atoms with Gasteiger partial charge in [0.05, 0.1) is 17.6 Å². The van der Waals surface area contributed by atoms with E-state index in [-0.39, 0.29) is 10.6 Å². The quantitative estimate of drug-likeness (QED) is 0.661. The number of nitro benzene ring substituents is 1. The molecule has 0 saturated carbocycles. The van der Waals surface area contributed by atoms with Crippen LogP contribution in [-0.4, -0.2) is 37.2 Å². The monoisotopic (exact) mass is 279 g/mol. The first-order valence-corrected chi connectivity index (χ1v) is 7.00. The van der Waals surface area contributed by atoms with Crippen molar-refractivity contribution in [2.24, 2.45) is 0 Å². The van der Waals surface area contributed by atoms with Crippen LogP contribution in [0, 0.1) is 10.1 Å². The van der Waals surface area contributed by atoms with Crippen molar-refractivity contribution in [1.29, 1.82) is 0 Å². The van der Waals surface area contributed by atoms with Gasteiger partial charge in [-0.05, 0) is 13.3 Å². The number of hydrogen-bond donors (Lipinski definition) is 1. The van der Waals surface area contributed by atoms with Crippen molar-refractivity contribution >= 4 is 11.4 Å². The standard InChI is InChI=1S/C14H21N3O3/c1-3-6-20-14-8-12(7-13(9-14)17(18)19)16-5-4-15-11(2)10-16/h7-9,11,15H,3-6,10H2,1-2H3/t11-/m1/s1. The highest BCUT2D eigenvalue weighted by molar-refractivity contribution is 5.58. The van der Waals surface area contributed by atoms with E-state index in [1.807, 2.05) is 13.0 Å². The Labute approximate surface area is 118 Å². The predicted octanol–water partition coefficient (Wildman–Crippen LogP) is 2.18. The third-order valence-electron chi connectivity index (χ3n) is 3.29. The summed E-state index contributed by atoms with van der Waals surface area (Å²) >= 11 is 0. The first kappa shape index (κ1) is 14.6. The van der Waals surface area contributed by atoms with Gasteiger partial charge in [0.25, 0.3) is 5.69 Å². The predicted molar refractivity (Wildman–Crippen MR) is 78.6 cm³/mol. The third kappa shape index (κ3) is 3.60. The van der Waals surface area contributed by atoms with E-state index < -0.39 is 0 Å². The first-order chi connectivity index (χ1) is 9.60. The Morgan fingerprint density at radius 1 is 1.50 bits per heavy atom. The molecule has 0 bridgehead atoms. The number of hydrogen-bond acceptors (Lipinski definition) is 5. The molecule has 0 unspecified atom stereocenters. The second kappa shape index (κ2) is 6.56. The molecule has 1 aromatic carbocycles.